The molecule has 1 amide bonds. The molecule has 0 aliphatic carbocycles. The molecule has 154 valence electrons. The standard InChI is InChI=1S/C24H26N4O2/c1-17-7-5-8-18(2)24(17)30-16-23(29)25-20-10-6-9-19(15-20)21-11-12-22(27-26-21)28-13-3-4-14-28/h5-12,15H,3-4,13-14,16H2,1-2H3,(H,25,29). The van der Waals surface area contributed by atoms with Crippen molar-refractivity contribution in [1.29, 1.82) is 0 Å². The van der Waals surface area contributed by atoms with Crippen LogP contribution in [0.3, 0.4) is 0 Å². The summed E-state index contributed by atoms with van der Waals surface area (Å²) >= 11 is 0. The first kappa shape index (κ1) is 19.9. The molecule has 0 spiro atoms. The van der Waals surface area contributed by atoms with Crippen molar-refractivity contribution < 1.29 is 9.53 Å². The van der Waals surface area contributed by atoms with Crippen molar-refractivity contribution in [3.63, 3.8) is 0 Å². The van der Waals surface area contributed by atoms with E-state index < -0.39 is 0 Å². The summed E-state index contributed by atoms with van der Waals surface area (Å²) in [6.45, 7) is 5.99. The zero-order valence-electron chi connectivity index (χ0n) is 17.4. The average molecular weight is 402 g/mol. The molecule has 1 aliphatic rings. The van der Waals surface area contributed by atoms with E-state index in [2.05, 4.69) is 20.4 Å². The van der Waals surface area contributed by atoms with E-state index in [1.807, 2.05) is 68.4 Å². The van der Waals surface area contributed by atoms with Gasteiger partial charge in [0.1, 0.15) is 5.75 Å². The third-order valence-corrected chi connectivity index (χ3v) is 5.28. The minimum absolute atomic E-state index is 0.0414. The van der Waals surface area contributed by atoms with Crippen LogP contribution in [0.2, 0.25) is 0 Å². The molecular weight excluding hydrogens is 376 g/mol. The number of aromatic nitrogens is 2. The number of hydrogen-bond donors (Lipinski definition) is 1. The van der Waals surface area contributed by atoms with Crippen molar-refractivity contribution in [3.05, 3.63) is 65.7 Å². The molecule has 0 atom stereocenters. The van der Waals surface area contributed by atoms with Gasteiger partial charge in [0, 0.05) is 24.3 Å². The Bertz CT molecular complexity index is 1010. The summed E-state index contributed by atoms with van der Waals surface area (Å²) in [5.74, 6) is 1.48. The average Bonchev–Trinajstić information content (AvgIpc) is 3.29. The lowest BCUT2D eigenvalue weighted by atomic mass is 10.1. The van der Waals surface area contributed by atoms with Crippen molar-refractivity contribution in [2.45, 2.75) is 26.7 Å². The number of hydrogen-bond acceptors (Lipinski definition) is 5. The molecule has 2 heterocycles. The van der Waals surface area contributed by atoms with Gasteiger partial charge in [-0.3, -0.25) is 4.79 Å². The fourth-order valence-corrected chi connectivity index (χ4v) is 3.71. The van der Waals surface area contributed by atoms with Crippen LogP contribution >= 0.6 is 0 Å². The Balaban J connectivity index is 1.40. The van der Waals surface area contributed by atoms with Crippen molar-refractivity contribution in [2.75, 3.05) is 29.9 Å². The van der Waals surface area contributed by atoms with Crippen molar-refractivity contribution in [2.24, 2.45) is 0 Å². The molecule has 6 nitrogen and oxygen atoms in total. The monoisotopic (exact) mass is 402 g/mol. The molecule has 0 saturated carbocycles. The van der Waals surface area contributed by atoms with Gasteiger partial charge in [-0.05, 0) is 62.1 Å². The second kappa shape index (κ2) is 8.95. The zero-order chi connectivity index (χ0) is 20.9. The maximum atomic E-state index is 12.4. The smallest absolute Gasteiger partial charge is 0.262 e. The predicted molar refractivity (Wildman–Crippen MR) is 119 cm³/mol. The number of carbonyl (C=O) groups is 1. The minimum atomic E-state index is -0.203. The van der Waals surface area contributed by atoms with E-state index in [-0.39, 0.29) is 12.5 Å². The first-order chi connectivity index (χ1) is 14.6. The summed E-state index contributed by atoms with van der Waals surface area (Å²) in [6, 6.07) is 17.5. The minimum Gasteiger partial charge on any atom is -0.483 e. The first-order valence-electron chi connectivity index (χ1n) is 10.3. The second-order valence-corrected chi connectivity index (χ2v) is 7.61. The Morgan fingerprint density at radius 1 is 1.00 bits per heavy atom. The maximum Gasteiger partial charge on any atom is 0.262 e. The maximum absolute atomic E-state index is 12.4. The van der Waals surface area contributed by atoms with Gasteiger partial charge in [0.25, 0.3) is 5.91 Å². The topological polar surface area (TPSA) is 67.3 Å². The van der Waals surface area contributed by atoms with E-state index in [0.29, 0.717) is 5.69 Å². The van der Waals surface area contributed by atoms with Crippen LogP contribution in [0.15, 0.2) is 54.6 Å². The lowest BCUT2D eigenvalue weighted by Gasteiger charge is -2.15. The molecule has 30 heavy (non-hydrogen) atoms. The number of benzene rings is 2. The molecule has 0 bridgehead atoms. The third kappa shape index (κ3) is 4.59. The molecule has 1 aromatic heterocycles. The quantitative estimate of drug-likeness (QED) is 0.663. The highest BCUT2D eigenvalue weighted by molar-refractivity contribution is 5.92. The van der Waals surface area contributed by atoms with Gasteiger partial charge in [0.2, 0.25) is 0 Å². The summed E-state index contributed by atoms with van der Waals surface area (Å²) in [7, 11) is 0. The SMILES string of the molecule is Cc1cccc(C)c1OCC(=O)Nc1cccc(-c2ccc(N3CCCC3)nn2)c1. The van der Waals surface area contributed by atoms with Crippen LogP contribution in [-0.4, -0.2) is 35.8 Å². The van der Waals surface area contributed by atoms with Crippen LogP contribution in [0.1, 0.15) is 24.0 Å². The highest BCUT2D eigenvalue weighted by atomic mass is 16.5. The summed E-state index contributed by atoms with van der Waals surface area (Å²) in [6.07, 6.45) is 2.41. The Morgan fingerprint density at radius 2 is 1.73 bits per heavy atom. The summed E-state index contributed by atoms with van der Waals surface area (Å²) < 4.78 is 5.74. The van der Waals surface area contributed by atoms with Gasteiger partial charge in [-0.25, -0.2) is 0 Å². The normalized spacial score (nSPS) is 13.3. The van der Waals surface area contributed by atoms with E-state index in [4.69, 9.17) is 4.74 Å². The molecule has 0 unspecified atom stereocenters. The van der Waals surface area contributed by atoms with E-state index in [9.17, 15) is 4.79 Å². The van der Waals surface area contributed by atoms with Gasteiger partial charge in [0.05, 0.1) is 5.69 Å². The van der Waals surface area contributed by atoms with Crippen molar-refractivity contribution in [3.8, 4) is 17.0 Å². The van der Waals surface area contributed by atoms with Gasteiger partial charge in [-0.1, -0.05) is 30.3 Å². The summed E-state index contributed by atoms with van der Waals surface area (Å²) in [4.78, 5) is 14.6. The number of nitrogens with one attached hydrogen (secondary N) is 1. The Morgan fingerprint density at radius 3 is 2.43 bits per heavy atom. The third-order valence-electron chi connectivity index (χ3n) is 5.28. The van der Waals surface area contributed by atoms with Crippen LogP contribution in [0.25, 0.3) is 11.3 Å². The van der Waals surface area contributed by atoms with E-state index in [1.165, 1.54) is 12.8 Å². The Hall–Kier alpha value is -3.41. The molecular formula is C24H26N4O2. The highest BCUT2D eigenvalue weighted by Gasteiger charge is 2.14. The number of amides is 1. The molecule has 1 N–H and O–H groups in total. The van der Waals surface area contributed by atoms with E-state index in [0.717, 1.165) is 47.0 Å². The number of ether oxygens (including phenoxy) is 1. The summed E-state index contributed by atoms with van der Waals surface area (Å²) in [5.41, 5.74) is 4.42. The molecule has 1 aliphatic heterocycles. The lowest BCUT2D eigenvalue weighted by molar-refractivity contribution is -0.118. The molecule has 2 aromatic carbocycles. The molecule has 1 saturated heterocycles. The molecule has 4 rings (SSSR count). The van der Waals surface area contributed by atoms with E-state index >= 15 is 0 Å². The lowest BCUT2D eigenvalue weighted by Crippen LogP contribution is -2.20. The number of anilines is 2. The first-order valence-corrected chi connectivity index (χ1v) is 10.3. The van der Waals surface area contributed by atoms with Gasteiger partial charge in [-0.2, -0.15) is 0 Å². The van der Waals surface area contributed by atoms with Crippen LogP contribution < -0.4 is 15.0 Å². The number of rotatable bonds is 6. The molecule has 0 radical (unpaired) electrons. The van der Waals surface area contributed by atoms with Gasteiger partial charge < -0.3 is 15.0 Å². The van der Waals surface area contributed by atoms with E-state index in [1.54, 1.807) is 0 Å². The van der Waals surface area contributed by atoms with Gasteiger partial charge in [0.15, 0.2) is 12.4 Å². The Kier molecular flexibility index (Phi) is 5.93. The van der Waals surface area contributed by atoms with Gasteiger partial charge >= 0.3 is 0 Å². The van der Waals surface area contributed by atoms with Crippen molar-refractivity contribution in [1.82, 2.24) is 10.2 Å². The molecule has 6 heteroatoms. The van der Waals surface area contributed by atoms with Crippen LogP contribution in [0, 0.1) is 13.8 Å². The molecule has 3 aromatic rings. The fourth-order valence-electron chi connectivity index (χ4n) is 3.71. The second-order valence-electron chi connectivity index (χ2n) is 7.61. The molecule has 1 fully saturated rings. The number of para-hydroxylation sites is 1. The van der Waals surface area contributed by atoms with Crippen molar-refractivity contribution >= 4 is 17.4 Å². The van der Waals surface area contributed by atoms with Crippen LogP contribution in [0.4, 0.5) is 11.5 Å². The zero-order valence-corrected chi connectivity index (χ0v) is 17.4. The van der Waals surface area contributed by atoms with Crippen LogP contribution in [-0.2, 0) is 4.79 Å². The Labute approximate surface area is 176 Å². The number of aryl methyl sites for hydroxylation is 2. The summed E-state index contributed by atoms with van der Waals surface area (Å²) in [5, 5.41) is 11.7. The predicted octanol–water partition coefficient (Wildman–Crippen LogP) is 4.38. The largest absolute Gasteiger partial charge is 0.483 e. The van der Waals surface area contributed by atoms with Crippen LogP contribution in [0.5, 0.6) is 5.75 Å². The van der Waals surface area contributed by atoms with Gasteiger partial charge in [-0.15, -0.1) is 10.2 Å². The number of nitrogens with zero attached hydrogens (tertiary/aromatic N) is 3. The number of carbonyl (C=O) groups excluding carboxylic acids is 1. The highest BCUT2D eigenvalue weighted by Crippen LogP contribution is 2.24. The fraction of sp³-hybridized carbons (Fsp3) is 0.292.